The van der Waals surface area contributed by atoms with Gasteiger partial charge in [0.1, 0.15) is 6.61 Å². The summed E-state index contributed by atoms with van der Waals surface area (Å²) >= 11 is 0. The summed E-state index contributed by atoms with van der Waals surface area (Å²) in [6.45, 7) is 0.616. The van der Waals surface area contributed by atoms with Crippen LogP contribution >= 0.6 is 7.92 Å². The molecular weight excluding hydrogens is 445 g/mol. The average Bonchev–Trinajstić information content (AvgIpc) is 3.39. The number of hydrogen-bond donors (Lipinski definition) is 0. The Morgan fingerprint density at radius 3 is 2.03 bits per heavy atom. The van der Waals surface area contributed by atoms with Gasteiger partial charge in [0.05, 0.1) is 6.04 Å². The summed E-state index contributed by atoms with van der Waals surface area (Å²) in [5, 5.41) is 6.48. The van der Waals surface area contributed by atoms with Crippen molar-refractivity contribution in [1.29, 1.82) is 0 Å². The Bertz CT molecular complexity index is 1440. The summed E-state index contributed by atoms with van der Waals surface area (Å²) in [6.07, 6.45) is 0.878. The molecule has 0 aliphatic carbocycles. The van der Waals surface area contributed by atoms with Gasteiger partial charge in [0, 0.05) is 5.56 Å². The van der Waals surface area contributed by atoms with Crippen LogP contribution < -0.4 is 15.9 Å². The van der Waals surface area contributed by atoms with Gasteiger partial charge in [-0.05, 0) is 52.7 Å². The monoisotopic (exact) mass is 471 g/mol. The molecule has 0 radical (unpaired) electrons. The van der Waals surface area contributed by atoms with Crippen molar-refractivity contribution in [3.05, 3.63) is 139 Å². The van der Waals surface area contributed by atoms with Crippen LogP contribution in [0.3, 0.4) is 0 Å². The lowest BCUT2D eigenvalue weighted by Gasteiger charge is -2.22. The second-order valence-electron chi connectivity index (χ2n) is 8.81. The van der Waals surface area contributed by atoms with Crippen molar-refractivity contribution >= 4 is 40.5 Å². The van der Waals surface area contributed by atoms with Crippen molar-refractivity contribution in [1.82, 2.24) is 0 Å². The Labute approximate surface area is 207 Å². The molecule has 35 heavy (non-hydrogen) atoms. The lowest BCUT2D eigenvalue weighted by molar-refractivity contribution is 0.317. The van der Waals surface area contributed by atoms with Crippen LogP contribution in [0.15, 0.2) is 132 Å². The molecule has 1 heterocycles. The molecule has 6 rings (SSSR count). The maximum Gasteiger partial charge on any atom is 0.217 e. The van der Waals surface area contributed by atoms with Crippen LogP contribution in [-0.2, 0) is 11.2 Å². The first-order valence-electron chi connectivity index (χ1n) is 12.0. The van der Waals surface area contributed by atoms with Crippen LogP contribution in [0.1, 0.15) is 11.1 Å². The number of nitrogens with zero attached hydrogens (tertiary/aromatic N) is 1. The molecule has 1 aliphatic rings. The predicted octanol–water partition coefficient (Wildman–Crippen LogP) is 5.99. The first-order chi connectivity index (χ1) is 17.3. The molecule has 0 aromatic heterocycles. The largest absolute Gasteiger partial charge is 0.475 e. The molecule has 0 N–H and O–H groups in total. The van der Waals surface area contributed by atoms with Crippen molar-refractivity contribution in [3.8, 4) is 0 Å². The molecule has 0 fully saturated rings. The molecule has 0 spiro atoms. The molecule has 0 saturated carbocycles. The molecule has 2 nitrogen and oxygen atoms in total. The van der Waals surface area contributed by atoms with Gasteiger partial charge in [-0.3, -0.25) is 0 Å². The Balaban J connectivity index is 1.34. The Kier molecular flexibility index (Phi) is 6.13. The SMILES string of the molecule is c1ccc(P(c2ccccc2)c2ccccc2C2=N[C@@H](Cc3ccc4ccccc4c3)CO2)cc1. The van der Waals surface area contributed by atoms with Gasteiger partial charge in [-0.1, -0.05) is 121 Å². The number of fused-ring (bicyclic) bond motifs is 1. The third-order valence-corrected chi connectivity index (χ3v) is 8.90. The first kappa shape index (κ1) is 21.8. The highest BCUT2D eigenvalue weighted by Gasteiger charge is 2.26. The van der Waals surface area contributed by atoms with E-state index >= 15 is 0 Å². The summed E-state index contributed by atoms with van der Waals surface area (Å²) in [5.74, 6) is 0.769. The van der Waals surface area contributed by atoms with Crippen molar-refractivity contribution in [2.45, 2.75) is 12.5 Å². The average molecular weight is 472 g/mol. The molecule has 170 valence electrons. The second-order valence-corrected chi connectivity index (χ2v) is 11.0. The lowest BCUT2D eigenvalue weighted by Crippen LogP contribution is -2.25. The van der Waals surface area contributed by atoms with Gasteiger partial charge in [-0.15, -0.1) is 0 Å². The highest BCUT2D eigenvalue weighted by molar-refractivity contribution is 7.80. The van der Waals surface area contributed by atoms with Gasteiger partial charge >= 0.3 is 0 Å². The molecule has 5 aromatic carbocycles. The van der Waals surface area contributed by atoms with Crippen molar-refractivity contribution < 1.29 is 4.74 Å². The van der Waals surface area contributed by atoms with E-state index < -0.39 is 7.92 Å². The van der Waals surface area contributed by atoms with E-state index in [1.165, 1.54) is 32.2 Å². The van der Waals surface area contributed by atoms with E-state index in [0.717, 1.165) is 17.9 Å². The minimum atomic E-state index is -0.726. The Morgan fingerprint density at radius 2 is 1.29 bits per heavy atom. The number of ether oxygens (including phenoxy) is 1. The van der Waals surface area contributed by atoms with E-state index in [4.69, 9.17) is 9.73 Å². The minimum Gasteiger partial charge on any atom is -0.475 e. The van der Waals surface area contributed by atoms with Crippen LogP contribution in [0, 0.1) is 0 Å². The van der Waals surface area contributed by atoms with Crippen LogP contribution in [0.4, 0.5) is 0 Å². The fraction of sp³-hybridized carbons (Fsp3) is 0.0938. The van der Waals surface area contributed by atoms with Gasteiger partial charge in [-0.2, -0.15) is 0 Å². The number of rotatable bonds is 6. The standard InChI is InChI=1S/C32H26NOP/c1-3-13-28(14-4-1)35(29-15-5-2-6-16-29)31-18-10-9-17-30(31)32-33-27(23-34-32)22-24-19-20-25-11-7-8-12-26(25)21-24/h1-21,27H,22-23H2/t27-/m0/s1. The highest BCUT2D eigenvalue weighted by Crippen LogP contribution is 2.34. The zero-order valence-electron chi connectivity index (χ0n) is 19.4. The number of aliphatic imine (C=N–C) groups is 1. The van der Waals surface area contributed by atoms with Gasteiger partial charge < -0.3 is 4.74 Å². The van der Waals surface area contributed by atoms with E-state index in [9.17, 15) is 0 Å². The maximum atomic E-state index is 6.23. The number of hydrogen-bond acceptors (Lipinski definition) is 2. The summed E-state index contributed by atoms with van der Waals surface area (Å²) < 4.78 is 6.23. The van der Waals surface area contributed by atoms with Crippen LogP contribution in [0.25, 0.3) is 10.8 Å². The van der Waals surface area contributed by atoms with Gasteiger partial charge in [0.2, 0.25) is 5.90 Å². The van der Waals surface area contributed by atoms with Crippen LogP contribution in [-0.4, -0.2) is 18.5 Å². The predicted molar refractivity (Wildman–Crippen MR) is 149 cm³/mol. The fourth-order valence-corrected chi connectivity index (χ4v) is 7.18. The number of benzene rings is 5. The van der Waals surface area contributed by atoms with Gasteiger partial charge in [0.25, 0.3) is 0 Å². The summed E-state index contributed by atoms with van der Waals surface area (Å²) in [7, 11) is -0.726. The van der Waals surface area contributed by atoms with Gasteiger partial charge in [0.15, 0.2) is 0 Å². The normalized spacial score (nSPS) is 15.2. The molecule has 0 unspecified atom stereocenters. The molecule has 0 bridgehead atoms. The van der Waals surface area contributed by atoms with E-state index in [0.29, 0.717) is 6.61 Å². The zero-order chi connectivity index (χ0) is 23.5. The van der Waals surface area contributed by atoms with Crippen molar-refractivity contribution in [2.24, 2.45) is 4.99 Å². The van der Waals surface area contributed by atoms with E-state index in [-0.39, 0.29) is 6.04 Å². The first-order valence-corrected chi connectivity index (χ1v) is 13.4. The van der Waals surface area contributed by atoms with Crippen LogP contribution in [0.5, 0.6) is 0 Å². The van der Waals surface area contributed by atoms with Crippen LogP contribution in [0.2, 0.25) is 0 Å². The molecule has 0 saturated heterocycles. The quantitative estimate of drug-likeness (QED) is 0.279. The summed E-state index contributed by atoms with van der Waals surface area (Å²) in [6, 6.07) is 45.5. The zero-order valence-corrected chi connectivity index (χ0v) is 20.3. The third kappa shape index (κ3) is 4.63. The molecule has 5 aromatic rings. The minimum absolute atomic E-state index is 0.124. The second kappa shape index (κ2) is 9.86. The van der Waals surface area contributed by atoms with E-state index in [1.807, 2.05) is 0 Å². The van der Waals surface area contributed by atoms with Crippen molar-refractivity contribution in [3.63, 3.8) is 0 Å². The summed E-state index contributed by atoms with van der Waals surface area (Å²) in [5.41, 5.74) is 2.40. The highest BCUT2D eigenvalue weighted by atomic mass is 31.1. The molecule has 1 aliphatic heterocycles. The van der Waals surface area contributed by atoms with E-state index in [2.05, 4.69) is 127 Å². The molecular formula is C32H26NOP. The maximum absolute atomic E-state index is 6.23. The third-order valence-electron chi connectivity index (χ3n) is 6.40. The smallest absolute Gasteiger partial charge is 0.217 e. The topological polar surface area (TPSA) is 21.6 Å². The Hall–Kier alpha value is -3.74. The van der Waals surface area contributed by atoms with Crippen molar-refractivity contribution in [2.75, 3.05) is 6.61 Å². The Morgan fingerprint density at radius 1 is 0.657 bits per heavy atom. The van der Waals surface area contributed by atoms with E-state index in [1.54, 1.807) is 0 Å². The molecule has 3 heteroatoms. The fourth-order valence-electron chi connectivity index (χ4n) is 4.74. The molecule has 1 atom stereocenters. The van der Waals surface area contributed by atoms with Gasteiger partial charge in [-0.25, -0.2) is 4.99 Å². The molecule has 0 amide bonds. The lowest BCUT2D eigenvalue weighted by atomic mass is 10.0. The summed E-state index contributed by atoms with van der Waals surface area (Å²) in [4.78, 5) is 5.07.